The van der Waals surface area contributed by atoms with E-state index >= 15 is 0 Å². The first-order valence-corrected chi connectivity index (χ1v) is 24.8. The fourth-order valence-corrected chi connectivity index (χ4v) is 14.6. The van der Waals surface area contributed by atoms with Gasteiger partial charge in [0, 0.05) is 52.5 Å². The number of carbonyl (C=O) groups excluding carboxylic acids is 7. The van der Waals surface area contributed by atoms with E-state index < -0.39 is 107 Å². The standard InChI is InChI=1S/C53H78O16/c1-16-28(2)46(60)69-41-24-48(9,10)23-36-35-17-18-39-50(13)21-20-40(63-30(4)55)49(11,12)38(50)19-22-51(39,14)52(35,15)25-42(64-31(5)56)53(36,41)27-62-47-45(67-34(8)59)44(66-33(7)58)43(65-32(6)57)37(68-47)26-61-29(3)54/h16-17,36-45,47H,18-27H2,1-15H3/b28-16-/t36-,37+,38-,39+,40-,41-,42+,43+,44-,45+,47+,50-,51+,52+,53+/m0/s1. The Morgan fingerprint density at radius 1 is 0.638 bits per heavy atom. The number of allylic oxidation sites excluding steroid dienone is 3. The normalized spacial score (nSPS) is 39.8. The van der Waals surface area contributed by atoms with Crippen molar-refractivity contribution in [3.05, 3.63) is 23.3 Å². The van der Waals surface area contributed by atoms with Crippen molar-refractivity contribution in [2.24, 2.45) is 50.2 Å². The maximum absolute atomic E-state index is 14.1. The molecular weight excluding hydrogens is 893 g/mol. The highest BCUT2D eigenvalue weighted by molar-refractivity contribution is 5.87. The van der Waals surface area contributed by atoms with Gasteiger partial charge in [0.15, 0.2) is 24.6 Å². The third kappa shape index (κ3) is 10.00. The van der Waals surface area contributed by atoms with Gasteiger partial charge in [-0.25, -0.2) is 4.79 Å². The van der Waals surface area contributed by atoms with E-state index in [4.69, 9.17) is 42.6 Å². The molecule has 0 radical (unpaired) electrons. The van der Waals surface area contributed by atoms with E-state index in [1.54, 1.807) is 19.9 Å². The summed E-state index contributed by atoms with van der Waals surface area (Å²) >= 11 is 0. The van der Waals surface area contributed by atoms with E-state index in [0.29, 0.717) is 24.8 Å². The number of hydrogen-bond donors (Lipinski definition) is 0. The second kappa shape index (κ2) is 19.7. The van der Waals surface area contributed by atoms with Gasteiger partial charge in [0.05, 0.1) is 12.0 Å². The lowest BCUT2D eigenvalue weighted by Gasteiger charge is -2.72. The molecule has 0 N–H and O–H groups in total. The van der Waals surface area contributed by atoms with Gasteiger partial charge in [-0.3, -0.25) is 28.8 Å². The zero-order valence-electron chi connectivity index (χ0n) is 43.6. The van der Waals surface area contributed by atoms with Crippen LogP contribution in [0, 0.1) is 50.2 Å². The molecule has 6 rings (SSSR count). The van der Waals surface area contributed by atoms with Crippen LogP contribution in [0.5, 0.6) is 0 Å². The van der Waals surface area contributed by atoms with Crippen molar-refractivity contribution < 1.29 is 76.2 Å². The van der Waals surface area contributed by atoms with Gasteiger partial charge in [-0.05, 0) is 105 Å². The number of ether oxygens (including phenoxy) is 9. The van der Waals surface area contributed by atoms with Crippen molar-refractivity contribution >= 4 is 41.8 Å². The van der Waals surface area contributed by atoms with E-state index in [0.717, 1.165) is 52.9 Å². The van der Waals surface area contributed by atoms with Crippen LogP contribution in [0.4, 0.5) is 0 Å². The van der Waals surface area contributed by atoms with Gasteiger partial charge in [-0.1, -0.05) is 66.2 Å². The minimum absolute atomic E-state index is 0.115. The molecule has 1 aliphatic heterocycles. The molecule has 15 atom stereocenters. The van der Waals surface area contributed by atoms with Gasteiger partial charge in [0.2, 0.25) is 0 Å². The molecule has 386 valence electrons. The van der Waals surface area contributed by atoms with Crippen LogP contribution in [0.3, 0.4) is 0 Å². The van der Waals surface area contributed by atoms with Gasteiger partial charge in [-0.15, -0.1) is 0 Å². The molecule has 4 saturated carbocycles. The zero-order valence-corrected chi connectivity index (χ0v) is 43.6. The van der Waals surface area contributed by atoms with Gasteiger partial charge in [0.1, 0.15) is 31.0 Å². The summed E-state index contributed by atoms with van der Waals surface area (Å²) in [7, 11) is 0. The first-order chi connectivity index (χ1) is 32.0. The van der Waals surface area contributed by atoms with Crippen molar-refractivity contribution in [2.75, 3.05) is 13.2 Å². The molecule has 16 heteroatoms. The highest BCUT2D eigenvalue weighted by Gasteiger charge is 2.73. The van der Waals surface area contributed by atoms with Crippen molar-refractivity contribution in [1.82, 2.24) is 0 Å². The van der Waals surface area contributed by atoms with Crippen molar-refractivity contribution in [3.8, 4) is 0 Å². The number of rotatable bonds is 12. The predicted molar refractivity (Wildman–Crippen MR) is 248 cm³/mol. The molecule has 1 saturated heterocycles. The molecule has 0 aromatic rings. The van der Waals surface area contributed by atoms with E-state index in [1.165, 1.54) is 26.3 Å². The van der Waals surface area contributed by atoms with Crippen molar-refractivity contribution in [1.29, 1.82) is 0 Å². The van der Waals surface area contributed by atoms with Crippen LogP contribution >= 0.6 is 0 Å². The maximum atomic E-state index is 14.1. The van der Waals surface area contributed by atoms with Crippen LogP contribution in [0.25, 0.3) is 0 Å². The highest BCUT2D eigenvalue weighted by atomic mass is 16.7. The lowest BCUT2D eigenvalue weighted by atomic mass is 9.33. The summed E-state index contributed by atoms with van der Waals surface area (Å²) in [6.45, 7) is 26.1. The lowest BCUT2D eigenvalue weighted by Crippen LogP contribution is -2.70. The van der Waals surface area contributed by atoms with E-state index in [2.05, 4.69) is 54.5 Å². The minimum atomic E-state index is -1.54. The maximum Gasteiger partial charge on any atom is 0.333 e. The molecule has 0 amide bonds. The van der Waals surface area contributed by atoms with Crippen LogP contribution in [0.2, 0.25) is 0 Å². The molecule has 16 nitrogen and oxygen atoms in total. The Morgan fingerprint density at radius 3 is 1.78 bits per heavy atom. The Balaban J connectivity index is 1.53. The lowest BCUT2D eigenvalue weighted by molar-refractivity contribution is -0.324. The quantitative estimate of drug-likeness (QED) is 0.0791. The largest absolute Gasteiger partial charge is 0.463 e. The molecular formula is C53H78O16. The van der Waals surface area contributed by atoms with Crippen LogP contribution in [-0.2, 0) is 76.2 Å². The third-order valence-electron chi connectivity index (χ3n) is 17.8. The van der Waals surface area contributed by atoms with Gasteiger partial charge in [0.25, 0.3) is 0 Å². The smallest absolute Gasteiger partial charge is 0.333 e. The topological polar surface area (TPSA) is 203 Å². The van der Waals surface area contributed by atoms with Crippen LogP contribution in [0.15, 0.2) is 23.3 Å². The summed E-state index contributed by atoms with van der Waals surface area (Å²) in [5.74, 6) is -4.26. The van der Waals surface area contributed by atoms with E-state index in [-0.39, 0.29) is 46.8 Å². The molecule has 5 fully saturated rings. The summed E-state index contributed by atoms with van der Waals surface area (Å²) in [5.41, 5.74) is -1.33. The van der Waals surface area contributed by atoms with Crippen LogP contribution < -0.4 is 0 Å². The Labute approximate surface area is 407 Å². The first-order valence-electron chi connectivity index (χ1n) is 24.8. The molecule has 1 heterocycles. The van der Waals surface area contributed by atoms with Crippen molar-refractivity contribution in [3.63, 3.8) is 0 Å². The SMILES string of the molecule is C/C=C(/C)C(=O)O[C@H]1CC(C)(C)C[C@H]2C3=CC[C@@H]4[C@@]5(C)CC[C@H](OC(C)=O)C(C)(C)[C@@H]5CC[C@@]4(C)[C@]3(C)C[C@@H](OC(C)=O)[C@@]12CO[C@@H]1O[C@H](COC(C)=O)[C@@H](OC(C)=O)[C@H](OC(C)=O)[C@H]1OC(C)=O. The van der Waals surface area contributed by atoms with Crippen LogP contribution in [-0.4, -0.2) is 104 Å². The zero-order chi connectivity index (χ0) is 51.4. The van der Waals surface area contributed by atoms with Gasteiger partial charge >= 0.3 is 41.8 Å². The molecule has 69 heavy (non-hydrogen) atoms. The highest BCUT2D eigenvalue weighted by Crippen LogP contribution is 2.76. The molecule has 0 bridgehead atoms. The number of fused-ring (bicyclic) bond motifs is 7. The molecule has 0 unspecified atom stereocenters. The molecule has 0 aromatic heterocycles. The summed E-state index contributed by atoms with van der Waals surface area (Å²) in [5, 5.41) is 0. The second-order valence-corrected chi connectivity index (χ2v) is 23.0. The van der Waals surface area contributed by atoms with Crippen LogP contribution in [0.1, 0.15) is 155 Å². The Bertz CT molecular complexity index is 2110. The third-order valence-corrected chi connectivity index (χ3v) is 17.8. The van der Waals surface area contributed by atoms with Gasteiger partial charge in [-0.2, -0.15) is 0 Å². The molecule has 0 spiro atoms. The average Bonchev–Trinajstić information content (AvgIpc) is 3.21. The van der Waals surface area contributed by atoms with E-state index in [9.17, 15) is 33.6 Å². The van der Waals surface area contributed by atoms with Gasteiger partial charge < -0.3 is 42.6 Å². The molecule has 0 aromatic carbocycles. The fourth-order valence-electron chi connectivity index (χ4n) is 14.6. The summed E-state index contributed by atoms with van der Waals surface area (Å²) in [6.07, 6.45) is 0.403. The predicted octanol–water partition coefficient (Wildman–Crippen LogP) is 7.85. The minimum Gasteiger partial charge on any atom is -0.463 e. The fraction of sp³-hybridized carbons (Fsp3) is 0.792. The van der Waals surface area contributed by atoms with E-state index in [1.807, 2.05) is 0 Å². The average molecular weight is 971 g/mol. The molecule has 6 aliphatic rings. The molecule has 5 aliphatic carbocycles. The Morgan fingerprint density at radius 2 is 1.20 bits per heavy atom. The summed E-state index contributed by atoms with van der Waals surface area (Å²) in [6, 6.07) is 0. The first kappa shape index (κ1) is 54.0. The Kier molecular flexibility index (Phi) is 15.4. The van der Waals surface area contributed by atoms with Crippen molar-refractivity contribution in [2.45, 2.75) is 204 Å². The Hall–Kier alpha value is -4.31. The number of hydrogen-bond acceptors (Lipinski definition) is 16. The second-order valence-electron chi connectivity index (χ2n) is 23.0. The summed E-state index contributed by atoms with van der Waals surface area (Å²) < 4.78 is 55.3. The number of esters is 7. The summed E-state index contributed by atoms with van der Waals surface area (Å²) in [4.78, 5) is 90.4. The number of carbonyl (C=O) groups is 7. The monoisotopic (exact) mass is 971 g/mol.